The number of nitrogens with zero attached hydrogens (tertiary/aromatic N) is 3. The molecule has 152 valence electrons. The first-order chi connectivity index (χ1) is 14.3. The van der Waals surface area contributed by atoms with Crippen molar-refractivity contribution in [2.75, 3.05) is 12.5 Å². The molecule has 0 spiro atoms. The smallest absolute Gasteiger partial charge is 0.280 e. The van der Waals surface area contributed by atoms with Crippen LogP contribution in [0.2, 0.25) is 0 Å². The average molecular weight is 406 g/mol. The summed E-state index contributed by atoms with van der Waals surface area (Å²) in [5.41, 5.74) is 4.56. The van der Waals surface area contributed by atoms with Crippen molar-refractivity contribution in [3.05, 3.63) is 75.3 Å². The zero-order chi connectivity index (χ0) is 21.8. The molecule has 0 unspecified atom stereocenters. The summed E-state index contributed by atoms with van der Waals surface area (Å²) in [5.74, 6) is 0.345. The number of hydrogen-bond donors (Lipinski definition) is 1. The number of methoxy groups -OCH3 is 1. The normalized spacial score (nSPS) is 11.1. The van der Waals surface area contributed by atoms with E-state index in [1.807, 2.05) is 32.0 Å². The molecular formula is C21H18N4O5. The standard InChI is InChI=1S/C21H18N4O5/c1-13-4-5-14(2)24(13)23-21(26)15(12-22)10-17-7-9-19(30-17)18-8-6-16(25(27)28)11-20(18)29-3/h4-11H,1-3H3,(H,23,26)/b15-10-. The van der Waals surface area contributed by atoms with Gasteiger partial charge in [-0.05, 0) is 44.2 Å². The van der Waals surface area contributed by atoms with E-state index in [9.17, 15) is 20.2 Å². The van der Waals surface area contributed by atoms with Crippen molar-refractivity contribution in [2.45, 2.75) is 13.8 Å². The molecule has 1 aromatic carbocycles. The van der Waals surface area contributed by atoms with Gasteiger partial charge < -0.3 is 9.15 Å². The first-order valence-corrected chi connectivity index (χ1v) is 8.84. The third kappa shape index (κ3) is 4.07. The van der Waals surface area contributed by atoms with E-state index >= 15 is 0 Å². The fourth-order valence-corrected chi connectivity index (χ4v) is 2.87. The summed E-state index contributed by atoms with van der Waals surface area (Å²) >= 11 is 0. The van der Waals surface area contributed by atoms with E-state index in [0.717, 1.165) is 11.4 Å². The second kappa shape index (κ2) is 8.36. The first kappa shape index (κ1) is 20.4. The number of carbonyl (C=O) groups excluding carboxylic acids is 1. The molecule has 0 fully saturated rings. The molecule has 2 heterocycles. The van der Waals surface area contributed by atoms with Gasteiger partial charge in [0.1, 0.15) is 28.9 Å². The number of nitrogens with one attached hydrogen (secondary N) is 1. The Bertz CT molecular complexity index is 1180. The van der Waals surface area contributed by atoms with Gasteiger partial charge in [-0.1, -0.05) is 0 Å². The molecule has 9 nitrogen and oxygen atoms in total. The van der Waals surface area contributed by atoms with Crippen LogP contribution in [-0.4, -0.2) is 22.6 Å². The molecule has 3 aromatic rings. The number of nitro groups is 1. The van der Waals surface area contributed by atoms with E-state index < -0.39 is 10.8 Å². The van der Waals surface area contributed by atoms with Gasteiger partial charge in [0.25, 0.3) is 11.6 Å². The summed E-state index contributed by atoms with van der Waals surface area (Å²) in [6.07, 6.45) is 1.32. The number of carbonyl (C=O) groups is 1. The maximum Gasteiger partial charge on any atom is 0.280 e. The minimum Gasteiger partial charge on any atom is -0.496 e. The van der Waals surface area contributed by atoms with Crippen LogP contribution in [0.1, 0.15) is 17.1 Å². The topological polar surface area (TPSA) is 123 Å². The number of rotatable bonds is 6. The van der Waals surface area contributed by atoms with Gasteiger partial charge in [-0.25, -0.2) is 0 Å². The van der Waals surface area contributed by atoms with E-state index in [-0.39, 0.29) is 22.8 Å². The number of non-ortho nitro benzene ring substituents is 1. The van der Waals surface area contributed by atoms with Gasteiger partial charge in [-0.2, -0.15) is 5.26 Å². The van der Waals surface area contributed by atoms with Crippen LogP contribution in [0.25, 0.3) is 17.4 Å². The number of nitro benzene ring substituents is 1. The summed E-state index contributed by atoms with van der Waals surface area (Å²) in [6, 6.07) is 12.9. The Labute approximate surface area is 171 Å². The van der Waals surface area contributed by atoms with Crippen LogP contribution in [0, 0.1) is 35.3 Å². The fraction of sp³-hybridized carbons (Fsp3) is 0.143. The number of benzene rings is 1. The Kier molecular flexibility index (Phi) is 5.69. The van der Waals surface area contributed by atoms with Crippen LogP contribution in [0.15, 0.2) is 52.5 Å². The van der Waals surface area contributed by atoms with E-state index in [4.69, 9.17) is 9.15 Å². The number of amides is 1. The maximum atomic E-state index is 12.5. The molecule has 0 aliphatic rings. The van der Waals surface area contributed by atoms with Gasteiger partial charge in [0.2, 0.25) is 0 Å². The predicted molar refractivity (Wildman–Crippen MR) is 109 cm³/mol. The molecule has 2 aromatic heterocycles. The van der Waals surface area contributed by atoms with Gasteiger partial charge in [-0.3, -0.25) is 25.0 Å². The average Bonchev–Trinajstić information content (AvgIpc) is 3.33. The molecule has 0 atom stereocenters. The maximum absolute atomic E-state index is 12.5. The van der Waals surface area contributed by atoms with Crippen molar-refractivity contribution in [2.24, 2.45) is 0 Å². The molecule has 0 bridgehead atoms. The van der Waals surface area contributed by atoms with Crippen molar-refractivity contribution in [1.29, 1.82) is 5.26 Å². The molecule has 9 heteroatoms. The molecule has 0 aliphatic carbocycles. The van der Waals surface area contributed by atoms with Crippen LogP contribution in [-0.2, 0) is 4.79 Å². The van der Waals surface area contributed by atoms with Crippen LogP contribution in [0.3, 0.4) is 0 Å². The first-order valence-electron chi connectivity index (χ1n) is 8.84. The van der Waals surface area contributed by atoms with Crippen LogP contribution >= 0.6 is 0 Å². The molecule has 0 saturated carbocycles. The van der Waals surface area contributed by atoms with E-state index in [2.05, 4.69) is 5.43 Å². The highest BCUT2D eigenvalue weighted by atomic mass is 16.6. The molecule has 0 radical (unpaired) electrons. The van der Waals surface area contributed by atoms with Crippen LogP contribution < -0.4 is 10.2 Å². The Balaban J connectivity index is 1.88. The molecular weight excluding hydrogens is 388 g/mol. The molecule has 3 rings (SSSR count). The number of furan rings is 1. The Morgan fingerprint density at radius 3 is 2.53 bits per heavy atom. The summed E-state index contributed by atoms with van der Waals surface area (Å²) in [7, 11) is 1.40. The number of hydrogen-bond acceptors (Lipinski definition) is 6. The largest absolute Gasteiger partial charge is 0.496 e. The highest BCUT2D eigenvalue weighted by Crippen LogP contribution is 2.34. The van der Waals surface area contributed by atoms with Crippen molar-refractivity contribution in [3.63, 3.8) is 0 Å². The van der Waals surface area contributed by atoms with Gasteiger partial charge in [0.15, 0.2) is 0 Å². The summed E-state index contributed by atoms with van der Waals surface area (Å²) in [5, 5.41) is 20.3. The van der Waals surface area contributed by atoms with Crippen LogP contribution in [0.5, 0.6) is 5.75 Å². The van der Waals surface area contributed by atoms with Gasteiger partial charge in [-0.15, -0.1) is 0 Å². The number of aromatic nitrogens is 1. The van der Waals surface area contributed by atoms with Crippen molar-refractivity contribution in [1.82, 2.24) is 4.68 Å². The van der Waals surface area contributed by atoms with E-state index in [0.29, 0.717) is 11.3 Å². The second-order valence-electron chi connectivity index (χ2n) is 6.41. The minimum absolute atomic E-state index is 0.110. The molecule has 1 amide bonds. The highest BCUT2D eigenvalue weighted by molar-refractivity contribution is 6.06. The third-order valence-corrected chi connectivity index (χ3v) is 4.42. The lowest BCUT2D eigenvalue weighted by molar-refractivity contribution is -0.384. The Morgan fingerprint density at radius 2 is 1.93 bits per heavy atom. The highest BCUT2D eigenvalue weighted by Gasteiger charge is 2.16. The Hall–Kier alpha value is -4.32. The Morgan fingerprint density at radius 1 is 1.23 bits per heavy atom. The SMILES string of the molecule is COc1cc([N+](=O)[O-])ccc1-c1ccc(/C=C(/C#N)C(=O)Nn2c(C)ccc2C)o1. The third-order valence-electron chi connectivity index (χ3n) is 4.42. The van der Waals surface area contributed by atoms with Crippen LogP contribution in [0.4, 0.5) is 5.69 Å². The van der Waals surface area contributed by atoms with Crippen molar-refractivity contribution < 1.29 is 18.9 Å². The lowest BCUT2D eigenvalue weighted by atomic mass is 10.1. The molecule has 30 heavy (non-hydrogen) atoms. The zero-order valence-electron chi connectivity index (χ0n) is 16.5. The summed E-state index contributed by atoms with van der Waals surface area (Å²) < 4.78 is 12.5. The molecule has 0 saturated heterocycles. The molecule has 0 aliphatic heterocycles. The quantitative estimate of drug-likeness (QED) is 0.286. The van der Waals surface area contributed by atoms with Gasteiger partial charge in [0.05, 0.1) is 23.7 Å². The lowest BCUT2D eigenvalue weighted by Crippen LogP contribution is -2.25. The van der Waals surface area contributed by atoms with Gasteiger partial charge in [0, 0.05) is 23.5 Å². The molecule has 1 N–H and O–H groups in total. The summed E-state index contributed by atoms with van der Waals surface area (Å²) in [4.78, 5) is 22.9. The monoisotopic (exact) mass is 406 g/mol. The number of nitriles is 1. The van der Waals surface area contributed by atoms with Gasteiger partial charge >= 0.3 is 0 Å². The van der Waals surface area contributed by atoms with Crippen molar-refractivity contribution >= 4 is 17.7 Å². The predicted octanol–water partition coefficient (Wildman–Crippen LogP) is 3.96. The van der Waals surface area contributed by atoms with E-state index in [1.54, 1.807) is 16.8 Å². The fourth-order valence-electron chi connectivity index (χ4n) is 2.87. The lowest BCUT2D eigenvalue weighted by Gasteiger charge is -2.10. The number of aryl methyl sites for hydroxylation is 2. The van der Waals surface area contributed by atoms with E-state index in [1.165, 1.54) is 31.4 Å². The second-order valence-corrected chi connectivity index (χ2v) is 6.41. The van der Waals surface area contributed by atoms with Crippen molar-refractivity contribution in [3.8, 4) is 23.1 Å². The zero-order valence-corrected chi connectivity index (χ0v) is 16.5. The summed E-state index contributed by atoms with van der Waals surface area (Å²) in [6.45, 7) is 3.67. The minimum atomic E-state index is -0.578. The number of ether oxygens (including phenoxy) is 1.